The molecule has 4 nitrogen and oxygen atoms in total. The number of allylic oxidation sites excluding steroid dienone is 3. The van der Waals surface area contributed by atoms with Crippen molar-refractivity contribution in [1.82, 2.24) is 0 Å². The van der Waals surface area contributed by atoms with Gasteiger partial charge in [0.15, 0.2) is 11.6 Å². The van der Waals surface area contributed by atoms with Crippen molar-refractivity contribution >= 4 is 5.78 Å². The zero-order valence-electron chi connectivity index (χ0n) is 19.1. The molecule has 0 aromatic carbocycles. The SMILES string of the molecule is C=C1CC[C@@]2(OC1)O[C@H]1C[C@H]3[C@@H]4C[C@@H](O)C5=CC(=O)C=C[C@]5(C)[C@H]4CC[C@]3(C)[C@H]1[C@@H]2C. The number of hydrogen-bond donors (Lipinski definition) is 1. The molecule has 0 radical (unpaired) electrons. The maximum absolute atomic E-state index is 12.0. The highest BCUT2D eigenvalue weighted by Gasteiger charge is 2.69. The van der Waals surface area contributed by atoms with E-state index in [4.69, 9.17) is 9.47 Å². The van der Waals surface area contributed by atoms with Crippen molar-refractivity contribution in [3.05, 3.63) is 36.0 Å². The Kier molecular flexibility index (Phi) is 4.22. The summed E-state index contributed by atoms with van der Waals surface area (Å²) in [6.45, 7) is 11.8. The van der Waals surface area contributed by atoms with Crippen molar-refractivity contribution < 1.29 is 19.4 Å². The first-order chi connectivity index (χ1) is 14.7. The van der Waals surface area contributed by atoms with Gasteiger partial charge in [-0.1, -0.05) is 39.0 Å². The summed E-state index contributed by atoms with van der Waals surface area (Å²) in [4.78, 5) is 12.0. The Bertz CT molecular complexity index is 891. The summed E-state index contributed by atoms with van der Waals surface area (Å²) in [5.41, 5.74) is 2.14. The quantitative estimate of drug-likeness (QED) is 0.578. The molecule has 4 heteroatoms. The largest absolute Gasteiger partial charge is 0.389 e. The Hall–Kier alpha value is -1.23. The third-order valence-corrected chi connectivity index (χ3v) is 10.6. The number of carbonyl (C=O) groups is 1. The lowest BCUT2D eigenvalue weighted by Gasteiger charge is -2.58. The smallest absolute Gasteiger partial charge is 0.178 e. The summed E-state index contributed by atoms with van der Waals surface area (Å²) in [7, 11) is 0. The lowest BCUT2D eigenvalue weighted by Crippen LogP contribution is -2.54. The van der Waals surface area contributed by atoms with Crippen molar-refractivity contribution in [2.45, 2.75) is 77.3 Å². The maximum atomic E-state index is 12.0. The van der Waals surface area contributed by atoms with Crippen molar-refractivity contribution in [2.24, 2.45) is 40.4 Å². The van der Waals surface area contributed by atoms with Crippen LogP contribution in [0.4, 0.5) is 0 Å². The van der Waals surface area contributed by atoms with E-state index in [9.17, 15) is 9.90 Å². The van der Waals surface area contributed by atoms with E-state index < -0.39 is 11.9 Å². The monoisotopic (exact) mass is 424 g/mol. The van der Waals surface area contributed by atoms with E-state index in [1.54, 1.807) is 12.2 Å². The molecule has 1 spiro atoms. The maximum Gasteiger partial charge on any atom is 0.178 e. The number of carbonyl (C=O) groups excluding carboxylic acids is 1. The highest BCUT2D eigenvalue weighted by Crippen LogP contribution is 2.70. The predicted molar refractivity (Wildman–Crippen MR) is 118 cm³/mol. The molecule has 2 heterocycles. The summed E-state index contributed by atoms with van der Waals surface area (Å²) >= 11 is 0. The van der Waals surface area contributed by atoms with E-state index >= 15 is 0 Å². The zero-order chi connectivity index (χ0) is 21.8. The van der Waals surface area contributed by atoms with Crippen molar-refractivity contribution in [2.75, 3.05) is 6.61 Å². The number of hydrogen-bond acceptors (Lipinski definition) is 4. The van der Waals surface area contributed by atoms with Crippen molar-refractivity contribution in [3.8, 4) is 0 Å². The topological polar surface area (TPSA) is 55.8 Å². The van der Waals surface area contributed by atoms with Gasteiger partial charge in [0, 0.05) is 17.8 Å². The van der Waals surface area contributed by atoms with Crippen LogP contribution in [0, 0.1) is 40.4 Å². The lowest BCUT2D eigenvalue weighted by atomic mass is 9.46. The minimum absolute atomic E-state index is 0.0173. The van der Waals surface area contributed by atoms with Gasteiger partial charge in [-0.05, 0) is 78.9 Å². The molecule has 0 aromatic heterocycles. The molecule has 10 atom stereocenters. The average Bonchev–Trinajstić information content (AvgIpc) is 3.17. The van der Waals surface area contributed by atoms with Crippen LogP contribution >= 0.6 is 0 Å². The minimum Gasteiger partial charge on any atom is -0.389 e. The molecule has 0 amide bonds. The summed E-state index contributed by atoms with van der Waals surface area (Å²) in [5, 5.41) is 11.1. The summed E-state index contributed by atoms with van der Waals surface area (Å²) < 4.78 is 13.1. The third-order valence-electron chi connectivity index (χ3n) is 10.6. The van der Waals surface area contributed by atoms with E-state index in [-0.39, 0.29) is 22.7 Å². The molecule has 31 heavy (non-hydrogen) atoms. The van der Waals surface area contributed by atoms with Crippen LogP contribution in [0.5, 0.6) is 0 Å². The summed E-state index contributed by atoms with van der Waals surface area (Å²) in [5.74, 6) is 1.99. The summed E-state index contributed by atoms with van der Waals surface area (Å²) in [6, 6.07) is 0. The Balaban J connectivity index is 1.32. The number of rotatable bonds is 0. The molecule has 0 bridgehead atoms. The Morgan fingerprint density at radius 2 is 2.00 bits per heavy atom. The molecule has 4 aliphatic carbocycles. The van der Waals surface area contributed by atoms with E-state index in [1.165, 1.54) is 12.0 Å². The Morgan fingerprint density at radius 1 is 1.19 bits per heavy atom. The van der Waals surface area contributed by atoms with Gasteiger partial charge in [-0.3, -0.25) is 4.79 Å². The second-order valence-electron chi connectivity index (χ2n) is 11.8. The number of fused-ring (bicyclic) bond motifs is 7. The average molecular weight is 425 g/mol. The Labute approximate surface area is 185 Å². The van der Waals surface area contributed by atoms with Crippen LogP contribution in [0.3, 0.4) is 0 Å². The summed E-state index contributed by atoms with van der Waals surface area (Å²) in [6.07, 6.45) is 11.4. The molecule has 5 fully saturated rings. The number of ketones is 1. The zero-order valence-corrected chi connectivity index (χ0v) is 19.1. The fourth-order valence-electron chi connectivity index (χ4n) is 9.10. The molecule has 1 N–H and O–H groups in total. The van der Waals surface area contributed by atoms with E-state index in [1.807, 2.05) is 0 Å². The molecule has 6 aliphatic rings. The molecule has 0 unspecified atom stereocenters. The van der Waals surface area contributed by atoms with Crippen LogP contribution in [-0.4, -0.2) is 35.5 Å². The standard InChI is InChI=1S/C27H36O4/c1-15-5-10-27(30-14-15)16(2)24-23(31-27)13-20-18-12-22(29)21-11-17(28)6-8-25(21,3)19(18)7-9-26(20,24)4/h6,8,11,16,18-20,22-24,29H,1,5,7,9-10,12-14H2,2-4H3/t16-,18+,19-,20-,22+,23-,24-,25+,26-,27+/m0/s1. The number of aliphatic hydroxyl groups is 1. The van der Waals surface area contributed by atoms with Crippen LogP contribution in [0.15, 0.2) is 36.0 Å². The fraction of sp³-hybridized carbons (Fsp3) is 0.741. The van der Waals surface area contributed by atoms with Crippen molar-refractivity contribution in [1.29, 1.82) is 0 Å². The third kappa shape index (κ3) is 2.56. The van der Waals surface area contributed by atoms with Gasteiger partial charge < -0.3 is 14.6 Å². The van der Waals surface area contributed by atoms with E-state index in [2.05, 4.69) is 33.4 Å². The minimum atomic E-state index is -0.514. The lowest BCUT2D eigenvalue weighted by molar-refractivity contribution is -0.255. The Morgan fingerprint density at radius 3 is 2.74 bits per heavy atom. The molecule has 0 aromatic rings. The van der Waals surface area contributed by atoms with Gasteiger partial charge in [0.2, 0.25) is 0 Å². The highest BCUT2D eigenvalue weighted by molar-refractivity contribution is 6.01. The van der Waals surface area contributed by atoms with Gasteiger partial charge in [-0.15, -0.1) is 0 Å². The molecular formula is C27H36O4. The second kappa shape index (κ2) is 6.42. The van der Waals surface area contributed by atoms with Crippen LogP contribution in [0.25, 0.3) is 0 Å². The molecule has 3 saturated carbocycles. The fourth-order valence-corrected chi connectivity index (χ4v) is 9.10. The van der Waals surface area contributed by atoms with E-state index in [0.29, 0.717) is 36.2 Å². The first-order valence-electron chi connectivity index (χ1n) is 12.3. The van der Waals surface area contributed by atoms with E-state index in [0.717, 1.165) is 37.7 Å². The van der Waals surface area contributed by atoms with Crippen LogP contribution in [0.2, 0.25) is 0 Å². The van der Waals surface area contributed by atoms with Crippen LogP contribution in [-0.2, 0) is 14.3 Å². The molecule has 6 rings (SSSR count). The number of ether oxygens (including phenoxy) is 2. The molecule has 168 valence electrons. The number of aliphatic hydroxyl groups excluding tert-OH is 1. The molecular weight excluding hydrogens is 388 g/mol. The second-order valence-corrected chi connectivity index (χ2v) is 11.8. The molecule has 2 aliphatic heterocycles. The van der Waals surface area contributed by atoms with Gasteiger partial charge in [0.25, 0.3) is 0 Å². The van der Waals surface area contributed by atoms with Crippen LogP contribution < -0.4 is 0 Å². The first kappa shape index (κ1) is 20.4. The van der Waals surface area contributed by atoms with Gasteiger partial charge in [0.05, 0.1) is 18.8 Å². The van der Waals surface area contributed by atoms with Crippen LogP contribution in [0.1, 0.15) is 59.3 Å². The highest BCUT2D eigenvalue weighted by atomic mass is 16.7. The predicted octanol–water partition coefficient (Wildman–Crippen LogP) is 4.59. The normalized spacial score (nSPS) is 55.5. The van der Waals surface area contributed by atoms with Crippen molar-refractivity contribution in [3.63, 3.8) is 0 Å². The van der Waals surface area contributed by atoms with Gasteiger partial charge >= 0.3 is 0 Å². The van der Waals surface area contributed by atoms with Gasteiger partial charge in [-0.25, -0.2) is 0 Å². The molecule has 2 saturated heterocycles. The van der Waals surface area contributed by atoms with Gasteiger partial charge in [0.1, 0.15) is 0 Å². The van der Waals surface area contributed by atoms with Gasteiger partial charge in [-0.2, -0.15) is 0 Å². The first-order valence-corrected chi connectivity index (χ1v) is 12.3.